The summed E-state index contributed by atoms with van der Waals surface area (Å²) < 4.78 is 11.3. The van der Waals surface area contributed by atoms with Crippen LogP contribution < -0.4 is 20.1 Å². The molecule has 7 heteroatoms. The van der Waals surface area contributed by atoms with Gasteiger partial charge in [0.05, 0.1) is 12.0 Å². The molecule has 6 nitrogen and oxygen atoms in total. The highest BCUT2D eigenvalue weighted by molar-refractivity contribution is 7.12. The normalized spacial score (nSPS) is 10.3. The van der Waals surface area contributed by atoms with Crippen molar-refractivity contribution in [2.24, 2.45) is 0 Å². The Bertz CT molecular complexity index is 959. The first kappa shape index (κ1) is 21.4. The minimum Gasteiger partial charge on any atom is -0.493 e. The van der Waals surface area contributed by atoms with E-state index in [1.807, 2.05) is 60.0 Å². The molecule has 30 heavy (non-hydrogen) atoms. The van der Waals surface area contributed by atoms with Gasteiger partial charge in [0.15, 0.2) is 11.5 Å². The second-order valence-electron chi connectivity index (χ2n) is 6.52. The maximum Gasteiger partial charge on any atom is 0.261 e. The zero-order chi connectivity index (χ0) is 21.2. The molecule has 2 N–H and O–H groups in total. The molecule has 0 unspecified atom stereocenters. The van der Waals surface area contributed by atoms with Crippen LogP contribution in [0.4, 0.5) is 0 Å². The van der Waals surface area contributed by atoms with Crippen LogP contribution in [0.1, 0.15) is 27.2 Å². The summed E-state index contributed by atoms with van der Waals surface area (Å²) in [5.41, 5.74) is 1.97. The van der Waals surface area contributed by atoms with Crippen molar-refractivity contribution in [2.45, 2.75) is 19.6 Å². The van der Waals surface area contributed by atoms with E-state index in [9.17, 15) is 9.59 Å². The van der Waals surface area contributed by atoms with Crippen LogP contribution in [0, 0.1) is 0 Å². The van der Waals surface area contributed by atoms with Crippen molar-refractivity contribution in [2.75, 3.05) is 13.7 Å². The number of hydrogen-bond donors (Lipinski definition) is 2. The van der Waals surface area contributed by atoms with E-state index in [0.29, 0.717) is 29.5 Å². The van der Waals surface area contributed by atoms with Crippen molar-refractivity contribution in [1.82, 2.24) is 10.6 Å². The van der Waals surface area contributed by atoms with E-state index >= 15 is 0 Å². The Hall–Kier alpha value is -3.32. The van der Waals surface area contributed by atoms with Gasteiger partial charge in [-0.25, -0.2) is 0 Å². The van der Waals surface area contributed by atoms with Crippen molar-refractivity contribution in [3.8, 4) is 11.5 Å². The first-order chi connectivity index (χ1) is 14.7. The van der Waals surface area contributed by atoms with Crippen molar-refractivity contribution >= 4 is 23.2 Å². The van der Waals surface area contributed by atoms with E-state index in [1.54, 1.807) is 13.2 Å². The van der Waals surface area contributed by atoms with Gasteiger partial charge in [-0.05, 0) is 34.7 Å². The Morgan fingerprint density at radius 2 is 1.77 bits per heavy atom. The summed E-state index contributed by atoms with van der Waals surface area (Å²) in [7, 11) is 1.59. The fourth-order valence-corrected chi connectivity index (χ4v) is 3.39. The van der Waals surface area contributed by atoms with Crippen molar-refractivity contribution < 1.29 is 19.1 Å². The maximum atomic E-state index is 12.0. The van der Waals surface area contributed by atoms with E-state index < -0.39 is 0 Å². The van der Waals surface area contributed by atoms with Crippen LogP contribution >= 0.6 is 11.3 Å². The average Bonchev–Trinajstić information content (AvgIpc) is 3.32. The third-order valence-electron chi connectivity index (χ3n) is 4.34. The van der Waals surface area contributed by atoms with E-state index in [1.165, 1.54) is 11.3 Å². The lowest BCUT2D eigenvalue weighted by Gasteiger charge is -2.13. The molecule has 0 spiro atoms. The summed E-state index contributed by atoms with van der Waals surface area (Å²) in [5.74, 6) is 0.965. The molecular formula is C23H24N2O4S. The van der Waals surface area contributed by atoms with Gasteiger partial charge in [-0.1, -0.05) is 42.5 Å². The van der Waals surface area contributed by atoms with Crippen molar-refractivity contribution in [3.05, 3.63) is 82.0 Å². The van der Waals surface area contributed by atoms with Gasteiger partial charge in [-0.2, -0.15) is 0 Å². The highest BCUT2D eigenvalue weighted by Gasteiger charge is 2.09. The third kappa shape index (κ3) is 6.35. The van der Waals surface area contributed by atoms with Gasteiger partial charge in [-0.15, -0.1) is 11.3 Å². The monoisotopic (exact) mass is 424 g/mol. The largest absolute Gasteiger partial charge is 0.493 e. The Kier molecular flexibility index (Phi) is 7.86. The average molecular weight is 425 g/mol. The molecule has 0 aliphatic heterocycles. The third-order valence-corrected chi connectivity index (χ3v) is 5.21. The molecule has 0 bridgehead atoms. The van der Waals surface area contributed by atoms with Gasteiger partial charge in [0.2, 0.25) is 5.91 Å². The molecule has 0 fully saturated rings. The first-order valence-corrected chi connectivity index (χ1v) is 10.5. The zero-order valence-corrected chi connectivity index (χ0v) is 17.5. The SMILES string of the molecule is COc1cc(CNC(=O)CCNC(=O)c2cccs2)ccc1OCc1ccccc1. The van der Waals surface area contributed by atoms with Crippen LogP contribution in [0.15, 0.2) is 66.0 Å². The number of nitrogens with one attached hydrogen (secondary N) is 2. The molecule has 2 aromatic carbocycles. The lowest BCUT2D eigenvalue weighted by atomic mass is 10.2. The predicted octanol–water partition coefficient (Wildman–Crippen LogP) is 3.77. The molecule has 2 amide bonds. The number of ether oxygens (including phenoxy) is 2. The Morgan fingerprint density at radius 3 is 2.50 bits per heavy atom. The molecule has 3 aromatic rings. The zero-order valence-electron chi connectivity index (χ0n) is 16.7. The van der Waals surface area contributed by atoms with E-state index in [2.05, 4.69) is 10.6 Å². The topological polar surface area (TPSA) is 76.7 Å². The molecular weight excluding hydrogens is 400 g/mol. The Morgan fingerprint density at radius 1 is 0.933 bits per heavy atom. The van der Waals surface area contributed by atoms with Crippen LogP contribution in [0.5, 0.6) is 11.5 Å². The second kappa shape index (κ2) is 11.0. The molecule has 0 saturated carbocycles. The molecule has 3 rings (SSSR count). The Balaban J connectivity index is 1.44. The number of benzene rings is 2. The van der Waals surface area contributed by atoms with Gasteiger partial charge in [-0.3, -0.25) is 9.59 Å². The second-order valence-corrected chi connectivity index (χ2v) is 7.47. The summed E-state index contributed by atoms with van der Waals surface area (Å²) in [4.78, 5) is 24.5. The first-order valence-electron chi connectivity index (χ1n) is 9.58. The lowest BCUT2D eigenvalue weighted by Crippen LogP contribution is -2.30. The van der Waals surface area contributed by atoms with E-state index in [0.717, 1.165) is 11.1 Å². The number of thiophene rings is 1. The van der Waals surface area contributed by atoms with Gasteiger partial charge in [0, 0.05) is 19.5 Å². The number of amides is 2. The van der Waals surface area contributed by atoms with Crippen LogP contribution in [0.25, 0.3) is 0 Å². The minimum absolute atomic E-state index is 0.134. The summed E-state index contributed by atoms with van der Waals surface area (Å²) in [6.07, 6.45) is 0.215. The molecule has 0 saturated heterocycles. The lowest BCUT2D eigenvalue weighted by molar-refractivity contribution is -0.121. The smallest absolute Gasteiger partial charge is 0.261 e. The number of methoxy groups -OCH3 is 1. The number of carbonyl (C=O) groups excluding carboxylic acids is 2. The van der Waals surface area contributed by atoms with Gasteiger partial charge in [0.1, 0.15) is 6.61 Å². The van der Waals surface area contributed by atoms with Crippen LogP contribution in [-0.4, -0.2) is 25.5 Å². The predicted molar refractivity (Wildman–Crippen MR) is 117 cm³/mol. The highest BCUT2D eigenvalue weighted by Crippen LogP contribution is 2.28. The molecule has 0 aliphatic rings. The van der Waals surface area contributed by atoms with Crippen molar-refractivity contribution in [3.63, 3.8) is 0 Å². The molecule has 156 valence electrons. The fourth-order valence-electron chi connectivity index (χ4n) is 2.75. The summed E-state index contributed by atoms with van der Waals surface area (Å²) in [6, 6.07) is 19.0. The highest BCUT2D eigenvalue weighted by atomic mass is 32.1. The van der Waals surface area contributed by atoms with Crippen LogP contribution in [0.2, 0.25) is 0 Å². The molecule has 0 radical (unpaired) electrons. The molecule has 1 aromatic heterocycles. The van der Waals surface area contributed by atoms with E-state index in [4.69, 9.17) is 9.47 Å². The summed E-state index contributed by atoms with van der Waals surface area (Å²) >= 11 is 1.37. The quantitative estimate of drug-likeness (QED) is 0.519. The molecule has 0 atom stereocenters. The van der Waals surface area contributed by atoms with Crippen molar-refractivity contribution in [1.29, 1.82) is 0 Å². The van der Waals surface area contributed by atoms with Crippen LogP contribution in [-0.2, 0) is 17.9 Å². The van der Waals surface area contributed by atoms with Gasteiger partial charge >= 0.3 is 0 Å². The van der Waals surface area contributed by atoms with E-state index in [-0.39, 0.29) is 24.8 Å². The fraction of sp³-hybridized carbons (Fsp3) is 0.217. The van der Waals surface area contributed by atoms with Gasteiger partial charge in [0.25, 0.3) is 5.91 Å². The standard InChI is InChI=1S/C23H24N2O4S/c1-28-20-14-18(9-10-19(20)29-16-17-6-3-2-4-7-17)15-25-22(26)11-12-24-23(27)21-8-5-13-30-21/h2-10,13-14H,11-12,15-16H2,1H3,(H,24,27)(H,25,26). The number of rotatable bonds is 10. The Labute approximate surface area is 179 Å². The van der Waals surface area contributed by atoms with Gasteiger partial charge < -0.3 is 20.1 Å². The molecule has 0 aliphatic carbocycles. The summed E-state index contributed by atoms with van der Waals surface area (Å²) in [5, 5.41) is 7.43. The number of hydrogen-bond acceptors (Lipinski definition) is 5. The maximum absolute atomic E-state index is 12.0. The number of carbonyl (C=O) groups is 2. The van der Waals surface area contributed by atoms with Crippen LogP contribution in [0.3, 0.4) is 0 Å². The summed E-state index contributed by atoms with van der Waals surface area (Å²) in [6.45, 7) is 1.11. The minimum atomic E-state index is -0.159. The molecule has 1 heterocycles.